The number of benzene rings is 1. The molecule has 7 heteroatoms. The fourth-order valence-electron chi connectivity index (χ4n) is 1.24. The van der Waals surface area contributed by atoms with Crippen LogP contribution in [-0.4, -0.2) is 31.4 Å². The molecule has 0 saturated carbocycles. The van der Waals surface area contributed by atoms with E-state index in [1.54, 1.807) is 0 Å². The first kappa shape index (κ1) is 14.8. The summed E-state index contributed by atoms with van der Waals surface area (Å²) in [4.78, 5) is 10.2. The maximum atomic E-state index is 13.6. The smallest absolute Gasteiger partial charge is 0.329 e. The first-order valence-corrected chi connectivity index (χ1v) is 5.67. The largest absolute Gasteiger partial charge is 0.496 e. The van der Waals surface area contributed by atoms with E-state index in [1.807, 2.05) is 0 Å². The van der Waals surface area contributed by atoms with Gasteiger partial charge in [0, 0.05) is 5.56 Å². The van der Waals surface area contributed by atoms with Gasteiger partial charge in [0.05, 0.1) is 11.6 Å². The van der Waals surface area contributed by atoms with Gasteiger partial charge in [0.15, 0.2) is 0 Å². The normalized spacial score (nSPS) is 11.3. The molecule has 0 radical (unpaired) electrons. The van der Waals surface area contributed by atoms with Gasteiger partial charge in [0.2, 0.25) is 0 Å². The van der Waals surface area contributed by atoms with Crippen LogP contribution in [0.5, 0.6) is 5.75 Å². The zero-order valence-electron chi connectivity index (χ0n) is 9.45. The summed E-state index contributed by atoms with van der Waals surface area (Å²) in [5, 5.41) is 8.30. The highest BCUT2D eigenvalue weighted by atomic mass is 79.9. The number of rotatable bonds is 6. The lowest BCUT2D eigenvalue weighted by Gasteiger charge is -2.17. The summed E-state index contributed by atoms with van der Waals surface area (Å²) in [7, 11) is 1.42. The number of carboxylic acids is 1. The average molecular weight is 325 g/mol. The molecule has 1 aromatic rings. The number of halogens is 3. The summed E-state index contributed by atoms with van der Waals surface area (Å²) >= 11 is 3.10. The Morgan fingerprint density at radius 3 is 2.67 bits per heavy atom. The summed E-state index contributed by atoms with van der Waals surface area (Å²) in [5.74, 6) is -4.12. The van der Waals surface area contributed by atoms with Crippen molar-refractivity contribution in [3.05, 3.63) is 28.2 Å². The van der Waals surface area contributed by atoms with Gasteiger partial charge in [0.25, 0.3) is 5.92 Å². The van der Waals surface area contributed by atoms with Crippen LogP contribution in [0.3, 0.4) is 0 Å². The summed E-state index contributed by atoms with van der Waals surface area (Å²) in [6.45, 7) is -1.75. The molecule has 100 valence electrons. The third-order valence-electron chi connectivity index (χ3n) is 2.08. The lowest BCUT2D eigenvalue weighted by Crippen LogP contribution is -2.23. The Bertz CT molecular complexity index is 437. The van der Waals surface area contributed by atoms with E-state index in [-0.39, 0.29) is 5.56 Å². The standard InChI is InChI=1S/C11H11BrF2O4/c1-17-9-3-2-7(4-8(9)12)11(13,14)6-18-5-10(15)16/h2-4H,5-6H2,1H3,(H,15,16). The van der Waals surface area contributed by atoms with Crippen LogP contribution in [0.2, 0.25) is 0 Å². The number of alkyl halides is 2. The van der Waals surface area contributed by atoms with Gasteiger partial charge >= 0.3 is 5.97 Å². The van der Waals surface area contributed by atoms with E-state index in [1.165, 1.54) is 25.3 Å². The molecule has 0 aliphatic rings. The monoisotopic (exact) mass is 324 g/mol. The average Bonchev–Trinajstić information content (AvgIpc) is 2.28. The van der Waals surface area contributed by atoms with Crippen LogP contribution < -0.4 is 4.74 Å². The minimum atomic E-state index is -3.26. The highest BCUT2D eigenvalue weighted by molar-refractivity contribution is 9.10. The Morgan fingerprint density at radius 1 is 1.50 bits per heavy atom. The van der Waals surface area contributed by atoms with E-state index < -0.39 is 25.1 Å². The molecule has 4 nitrogen and oxygen atoms in total. The second-order valence-electron chi connectivity index (χ2n) is 3.44. The van der Waals surface area contributed by atoms with Crippen LogP contribution in [0, 0.1) is 0 Å². The zero-order valence-corrected chi connectivity index (χ0v) is 11.0. The van der Waals surface area contributed by atoms with Crippen molar-refractivity contribution in [3.63, 3.8) is 0 Å². The molecular weight excluding hydrogens is 314 g/mol. The van der Waals surface area contributed by atoms with Crippen molar-refractivity contribution in [2.45, 2.75) is 5.92 Å². The van der Waals surface area contributed by atoms with Crippen LogP contribution in [-0.2, 0) is 15.5 Å². The number of hydrogen-bond acceptors (Lipinski definition) is 3. The van der Waals surface area contributed by atoms with Crippen LogP contribution in [0.15, 0.2) is 22.7 Å². The van der Waals surface area contributed by atoms with E-state index in [9.17, 15) is 13.6 Å². The van der Waals surface area contributed by atoms with Gasteiger partial charge in [-0.1, -0.05) is 0 Å². The first-order valence-electron chi connectivity index (χ1n) is 4.88. The molecule has 1 rings (SSSR count). The van der Waals surface area contributed by atoms with Gasteiger partial charge < -0.3 is 14.6 Å². The van der Waals surface area contributed by atoms with Crippen molar-refractivity contribution >= 4 is 21.9 Å². The van der Waals surface area contributed by atoms with Gasteiger partial charge in [0.1, 0.15) is 19.0 Å². The van der Waals surface area contributed by atoms with Crippen LogP contribution in [0.25, 0.3) is 0 Å². The minimum Gasteiger partial charge on any atom is -0.496 e. The highest BCUT2D eigenvalue weighted by Crippen LogP contribution is 2.34. The number of carbonyl (C=O) groups is 1. The second-order valence-corrected chi connectivity index (χ2v) is 4.29. The summed E-state index contributed by atoms with van der Waals surface area (Å²) in [5.41, 5.74) is -0.277. The van der Waals surface area contributed by atoms with E-state index in [2.05, 4.69) is 20.7 Å². The van der Waals surface area contributed by atoms with Crippen molar-refractivity contribution in [1.29, 1.82) is 0 Å². The van der Waals surface area contributed by atoms with E-state index in [0.29, 0.717) is 10.2 Å². The second kappa shape index (κ2) is 6.10. The molecule has 0 heterocycles. The van der Waals surface area contributed by atoms with Gasteiger partial charge in [-0.2, -0.15) is 8.78 Å². The predicted octanol–water partition coefficient (Wildman–Crippen LogP) is 2.65. The zero-order chi connectivity index (χ0) is 13.8. The lowest BCUT2D eigenvalue weighted by molar-refractivity contribution is -0.147. The SMILES string of the molecule is COc1ccc(C(F)(F)COCC(=O)O)cc1Br. The van der Waals surface area contributed by atoms with E-state index in [0.717, 1.165) is 0 Å². The molecule has 0 aliphatic carbocycles. The quantitative estimate of drug-likeness (QED) is 0.874. The first-order chi connectivity index (χ1) is 8.36. The molecule has 0 saturated heterocycles. The van der Waals surface area contributed by atoms with Crippen molar-refractivity contribution in [2.75, 3.05) is 20.3 Å². The molecule has 0 unspecified atom stereocenters. The number of aliphatic carboxylic acids is 1. The van der Waals surface area contributed by atoms with Crippen LogP contribution in [0.1, 0.15) is 5.56 Å². The maximum absolute atomic E-state index is 13.6. The van der Waals surface area contributed by atoms with Gasteiger partial charge in [-0.05, 0) is 34.1 Å². The highest BCUT2D eigenvalue weighted by Gasteiger charge is 2.32. The fraction of sp³-hybridized carbons (Fsp3) is 0.364. The molecule has 1 aromatic carbocycles. The molecule has 0 fully saturated rings. The molecule has 1 N–H and O–H groups in total. The summed E-state index contributed by atoms with van der Waals surface area (Å²) in [6.07, 6.45) is 0. The Kier molecular flexibility index (Phi) is 5.03. The summed E-state index contributed by atoms with van der Waals surface area (Å²) < 4.78 is 37.0. The van der Waals surface area contributed by atoms with Crippen molar-refractivity contribution in [2.24, 2.45) is 0 Å². The summed E-state index contributed by atoms with van der Waals surface area (Å²) in [6, 6.07) is 3.81. The molecule has 0 amide bonds. The molecule has 18 heavy (non-hydrogen) atoms. The van der Waals surface area contributed by atoms with Crippen molar-refractivity contribution in [3.8, 4) is 5.75 Å². The number of ether oxygens (including phenoxy) is 2. The molecular formula is C11H11BrF2O4. The minimum absolute atomic E-state index is 0.277. The molecule has 0 aromatic heterocycles. The Balaban J connectivity index is 2.77. The Morgan fingerprint density at radius 2 is 2.17 bits per heavy atom. The predicted molar refractivity (Wildman–Crippen MR) is 63.0 cm³/mol. The number of hydrogen-bond donors (Lipinski definition) is 1. The van der Waals surface area contributed by atoms with E-state index in [4.69, 9.17) is 9.84 Å². The molecule has 0 atom stereocenters. The number of methoxy groups -OCH3 is 1. The van der Waals surface area contributed by atoms with E-state index >= 15 is 0 Å². The Hall–Kier alpha value is -1.21. The third-order valence-corrected chi connectivity index (χ3v) is 2.70. The molecule has 0 aliphatic heterocycles. The van der Waals surface area contributed by atoms with Gasteiger partial charge in [-0.15, -0.1) is 0 Å². The van der Waals surface area contributed by atoms with Crippen LogP contribution >= 0.6 is 15.9 Å². The number of carboxylic acid groups (broad SMARTS) is 1. The third kappa shape index (κ3) is 3.92. The van der Waals surface area contributed by atoms with Crippen molar-refractivity contribution in [1.82, 2.24) is 0 Å². The van der Waals surface area contributed by atoms with Gasteiger partial charge in [-0.3, -0.25) is 0 Å². The fourth-order valence-corrected chi connectivity index (χ4v) is 1.78. The lowest BCUT2D eigenvalue weighted by atomic mass is 10.1. The maximum Gasteiger partial charge on any atom is 0.329 e. The molecule has 0 spiro atoms. The van der Waals surface area contributed by atoms with Gasteiger partial charge in [-0.25, -0.2) is 4.79 Å². The van der Waals surface area contributed by atoms with Crippen molar-refractivity contribution < 1.29 is 28.2 Å². The Labute approximate surface area is 111 Å². The molecule has 0 bridgehead atoms. The topological polar surface area (TPSA) is 55.8 Å². The van der Waals surface area contributed by atoms with Crippen LogP contribution in [0.4, 0.5) is 8.78 Å².